The lowest BCUT2D eigenvalue weighted by Gasteiger charge is -1.99. The van der Waals surface area contributed by atoms with Crippen LogP contribution in [-0.4, -0.2) is 16.1 Å². The van der Waals surface area contributed by atoms with Gasteiger partial charge in [0.05, 0.1) is 11.3 Å². The van der Waals surface area contributed by atoms with Gasteiger partial charge >= 0.3 is 5.97 Å². The Hall–Kier alpha value is -1.98. The van der Waals surface area contributed by atoms with E-state index in [9.17, 15) is 4.79 Å². The summed E-state index contributed by atoms with van der Waals surface area (Å²) in [6.07, 6.45) is 0. The van der Waals surface area contributed by atoms with Crippen LogP contribution in [0.2, 0.25) is 0 Å². The van der Waals surface area contributed by atoms with Gasteiger partial charge in [0, 0.05) is 21.0 Å². The number of aromatic carboxylic acids is 1. The fraction of sp³-hybridized carbons (Fsp3) is 0. The van der Waals surface area contributed by atoms with Crippen molar-refractivity contribution in [3.05, 3.63) is 63.9 Å². The largest absolute Gasteiger partial charge is 0.478 e. The Morgan fingerprint density at radius 3 is 2.57 bits per heavy atom. The number of benzene rings is 2. The van der Waals surface area contributed by atoms with E-state index in [4.69, 9.17) is 5.11 Å². The van der Waals surface area contributed by atoms with Gasteiger partial charge in [0.2, 0.25) is 0 Å². The molecule has 0 unspecified atom stereocenters. The number of carbonyl (C=O) groups is 1. The van der Waals surface area contributed by atoms with Crippen LogP contribution in [0, 0.1) is 0 Å². The molecule has 1 aromatic heterocycles. The zero-order chi connectivity index (χ0) is 14.8. The third-order valence-electron chi connectivity index (χ3n) is 3.00. The predicted octanol–water partition coefficient (Wildman–Crippen LogP) is 4.94. The first-order valence-corrected chi connectivity index (χ1v) is 7.86. The number of hydrogen-bond acceptors (Lipinski definition) is 3. The lowest BCUT2D eigenvalue weighted by molar-refractivity contribution is 0.0697. The Morgan fingerprint density at radius 2 is 1.86 bits per heavy atom. The minimum Gasteiger partial charge on any atom is -0.478 e. The maximum Gasteiger partial charge on any atom is 0.335 e. The number of thiazole rings is 1. The van der Waals surface area contributed by atoms with Crippen molar-refractivity contribution >= 4 is 33.2 Å². The standard InChI is InChI=1S/C16H10BrNO2S/c17-13-6-4-10(5-7-13)14-9-21-15(18-14)11-2-1-3-12(8-11)16(19)20/h1-9H,(H,19,20). The molecule has 1 N–H and O–H groups in total. The average molecular weight is 360 g/mol. The number of carboxylic acids is 1. The van der Waals surface area contributed by atoms with E-state index in [1.807, 2.05) is 35.7 Å². The third-order valence-corrected chi connectivity index (χ3v) is 4.42. The van der Waals surface area contributed by atoms with Crippen LogP contribution >= 0.6 is 27.3 Å². The molecule has 3 rings (SSSR count). The highest BCUT2D eigenvalue weighted by Crippen LogP contribution is 2.29. The quantitative estimate of drug-likeness (QED) is 0.720. The maximum absolute atomic E-state index is 11.0. The molecule has 21 heavy (non-hydrogen) atoms. The molecule has 0 saturated heterocycles. The third kappa shape index (κ3) is 3.04. The lowest BCUT2D eigenvalue weighted by Crippen LogP contribution is -1.95. The van der Waals surface area contributed by atoms with Gasteiger partial charge in [-0.05, 0) is 24.3 Å². The Kier molecular flexibility index (Phi) is 3.86. The van der Waals surface area contributed by atoms with E-state index in [2.05, 4.69) is 20.9 Å². The topological polar surface area (TPSA) is 50.2 Å². The van der Waals surface area contributed by atoms with E-state index in [1.54, 1.807) is 18.2 Å². The van der Waals surface area contributed by atoms with Crippen molar-refractivity contribution in [2.24, 2.45) is 0 Å². The van der Waals surface area contributed by atoms with E-state index in [-0.39, 0.29) is 5.56 Å². The zero-order valence-corrected chi connectivity index (χ0v) is 13.2. The second-order valence-corrected chi connectivity index (χ2v) is 6.20. The van der Waals surface area contributed by atoms with Crippen LogP contribution in [0.1, 0.15) is 10.4 Å². The van der Waals surface area contributed by atoms with Gasteiger partial charge in [-0.1, -0.05) is 40.2 Å². The predicted molar refractivity (Wildman–Crippen MR) is 87.6 cm³/mol. The van der Waals surface area contributed by atoms with Gasteiger partial charge in [-0.25, -0.2) is 9.78 Å². The maximum atomic E-state index is 11.0. The molecule has 0 aliphatic rings. The lowest BCUT2D eigenvalue weighted by atomic mass is 10.1. The molecule has 0 spiro atoms. The molecular weight excluding hydrogens is 350 g/mol. The summed E-state index contributed by atoms with van der Waals surface area (Å²) in [5.74, 6) is -0.929. The van der Waals surface area contributed by atoms with Gasteiger partial charge in [-0.15, -0.1) is 11.3 Å². The molecule has 0 fully saturated rings. The van der Waals surface area contributed by atoms with E-state index >= 15 is 0 Å². The van der Waals surface area contributed by atoms with Crippen molar-refractivity contribution in [1.82, 2.24) is 4.98 Å². The highest BCUT2D eigenvalue weighted by atomic mass is 79.9. The summed E-state index contributed by atoms with van der Waals surface area (Å²) in [6.45, 7) is 0. The molecule has 0 atom stereocenters. The van der Waals surface area contributed by atoms with E-state index in [0.29, 0.717) is 0 Å². The van der Waals surface area contributed by atoms with Gasteiger partial charge in [0.15, 0.2) is 0 Å². The first kappa shape index (κ1) is 14.0. The molecule has 3 aromatic rings. The Balaban J connectivity index is 1.96. The first-order chi connectivity index (χ1) is 10.1. The summed E-state index contributed by atoms with van der Waals surface area (Å²) in [5.41, 5.74) is 3.02. The summed E-state index contributed by atoms with van der Waals surface area (Å²) in [7, 11) is 0. The number of hydrogen-bond donors (Lipinski definition) is 1. The summed E-state index contributed by atoms with van der Waals surface area (Å²) in [5, 5.41) is 11.8. The number of nitrogens with zero attached hydrogens (tertiary/aromatic N) is 1. The van der Waals surface area contributed by atoms with Crippen LogP contribution in [0.5, 0.6) is 0 Å². The molecule has 0 bridgehead atoms. The van der Waals surface area contributed by atoms with Crippen molar-refractivity contribution in [3.8, 4) is 21.8 Å². The van der Waals surface area contributed by atoms with Crippen LogP contribution in [0.4, 0.5) is 0 Å². The monoisotopic (exact) mass is 359 g/mol. The highest BCUT2D eigenvalue weighted by Gasteiger charge is 2.09. The Labute approximate surface area is 134 Å². The molecule has 0 radical (unpaired) electrons. The van der Waals surface area contributed by atoms with Crippen LogP contribution in [-0.2, 0) is 0 Å². The van der Waals surface area contributed by atoms with E-state index in [1.165, 1.54) is 11.3 Å². The van der Waals surface area contributed by atoms with Gasteiger partial charge in [0.25, 0.3) is 0 Å². The van der Waals surface area contributed by atoms with Crippen LogP contribution in [0.15, 0.2) is 58.4 Å². The molecule has 0 aliphatic carbocycles. The average Bonchev–Trinajstić information content (AvgIpc) is 2.98. The van der Waals surface area contributed by atoms with Gasteiger partial charge in [-0.3, -0.25) is 0 Å². The number of carboxylic acid groups (broad SMARTS) is 1. The van der Waals surface area contributed by atoms with E-state index in [0.717, 1.165) is 26.3 Å². The van der Waals surface area contributed by atoms with Crippen molar-refractivity contribution in [2.75, 3.05) is 0 Å². The fourth-order valence-electron chi connectivity index (χ4n) is 1.94. The second kappa shape index (κ2) is 5.79. The minimum absolute atomic E-state index is 0.271. The molecule has 104 valence electrons. The smallest absolute Gasteiger partial charge is 0.335 e. The zero-order valence-electron chi connectivity index (χ0n) is 10.8. The van der Waals surface area contributed by atoms with Gasteiger partial charge < -0.3 is 5.11 Å². The molecule has 5 heteroatoms. The van der Waals surface area contributed by atoms with Crippen LogP contribution in [0.3, 0.4) is 0 Å². The van der Waals surface area contributed by atoms with Gasteiger partial charge in [-0.2, -0.15) is 0 Å². The van der Waals surface area contributed by atoms with Crippen molar-refractivity contribution in [2.45, 2.75) is 0 Å². The molecule has 2 aromatic carbocycles. The molecule has 1 heterocycles. The van der Waals surface area contributed by atoms with Crippen LogP contribution < -0.4 is 0 Å². The molecular formula is C16H10BrNO2S. The van der Waals surface area contributed by atoms with Crippen molar-refractivity contribution in [3.63, 3.8) is 0 Å². The number of rotatable bonds is 3. The molecule has 0 amide bonds. The molecule has 3 nitrogen and oxygen atoms in total. The molecule has 0 saturated carbocycles. The van der Waals surface area contributed by atoms with Crippen molar-refractivity contribution < 1.29 is 9.90 Å². The normalized spacial score (nSPS) is 10.5. The number of aromatic nitrogens is 1. The fourth-order valence-corrected chi connectivity index (χ4v) is 3.04. The SMILES string of the molecule is O=C(O)c1cccc(-c2nc(-c3ccc(Br)cc3)cs2)c1. The first-order valence-electron chi connectivity index (χ1n) is 6.19. The summed E-state index contributed by atoms with van der Waals surface area (Å²) >= 11 is 4.91. The van der Waals surface area contributed by atoms with Gasteiger partial charge in [0.1, 0.15) is 5.01 Å². The summed E-state index contributed by atoms with van der Waals surface area (Å²) in [4.78, 5) is 15.6. The minimum atomic E-state index is -0.929. The van der Waals surface area contributed by atoms with Crippen LogP contribution in [0.25, 0.3) is 21.8 Å². The molecule has 0 aliphatic heterocycles. The summed E-state index contributed by atoms with van der Waals surface area (Å²) in [6, 6.07) is 14.8. The second-order valence-electron chi connectivity index (χ2n) is 4.43. The summed E-state index contributed by atoms with van der Waals surface area (Å²) < 4.78 is 1.02. The van der Waals surface area contributed by atoms with Crippen molar-refractivity contribution in [1.29, 1.82) is 0 Å². The number of halogens is 1. The van der Waals surface area contributed by atoms with E-state index < -0.39 is 5.97 Å². The Morgan fingerprint density at radius 1 is 1.10 bits per heavy atom. The Bertz CT molecular complexity index is 796. The highest BCUT2D eigenvalue weighted by molar-refractivity contribution is 9.10.